The second kappa shape index (κ2) is 7.47. The molecule has 0 fully saturated rings. The summed E-state index contributed by atoms with van der Waals surface area (Å²) in [5, 5.41) is 14.0. The molecule has 0 aliphatic heterocycles. The summed E-state index contributed by atoms with van der Waals surface area (Å²) in [6.45, 7) is 3.05. The maximum atomic E-state index is 10.6. The Labute approximate surface area is 136 Å². The van der Waals surface area contributed by atoms with Crippen molar-refractivity contribution < 1.29 is 4.92 Å². The van der Waals surface area contributed by atoms with E-state index in [1.807, 2.05) is 12.1 Å². The van der Waals surface area contributed by atoms with Crippen molar-refractivity contribution >= 4 is 39.1 Å². The van der Waals surface area contributed by atoms with Crippen molar-refractivity contribution in [2.75, 3.05) is 11.9 Å². The number of hydrogen-bond donors (Lipinski definition) is 1. The molecule has 0 unspecified atom stereocenters. The molecule has 6 heteroatoms. The predicted octanol–water partition coefficient (Wildman–Crippen LogP) is 5.33. The van der Waals surface area contributed by atoms with Crippen LogP contribution in [0.1, 0.15) is 13.3 Å². The van der Waals surface area contributed by atoms with Gasteiger partial charge in [-0.05, 0) is 36.8 Å². The minimum absolute atomic E-state index is 0.110. The molecule has 0 spiro atoms. The second-order valence-electron chi connectivity index (χ2n) is 4.46. The Bertz CT molecular complexity index is 632. The van der Waals surface area contributed by atoms with Gasteiger partial charge in [-0.1, -0.05) is 34.6 Å². The Kier molecular flexibility index (Phi) is 5.64. The molecule has 0 aliphatic rings. The average Bonchev–Trinajstić information content (AvgIpc) is 2.45. The summed E-state index contributed by atoms with van der Waals surface area (Å²) < 4.78 is 1.01. The van der Waals surface area contributed by atoms with E-state index in [-0.39, 0.29) is 10.6 Å². The number of anilines is 1. The van der Waals surface area contributed by atoms with Gasteiger partial charge in [-0.15, -0.1) is 0 Å². The van der Waals surface area contributed by atoms with Crippen LogP contribution in [0.3, 0.4) is 0 Å². The van der Waals surface area contributed by atoms with Crippen LogP contribution < -0.4 is 5.32 Å². The summed E-state index contributed by atoms with van der Waals surface area (Å²) in [7, 11) is 0. The fourth-order valence-electron chi connectivity index (χ4n) is 1.77. The van der Waals surface area contributed by atoms with E-state index in [2.05, 4.69) is 34.2 Å². The molecule has 21 heavy (non-hydrogen) atoms. The summed E-state index contributed by atoms with van der Waals surface area (Å²) in [4.78, 5) is 12.3. The fraction of sp³-hybridized carbons (Fsp3) is 0.200. The Morgan fingerprint density at radius 1 is 1.19 bits per heavy atom. The topological polar surface area (TPSA) is 55.2 Å². The summed E-state index contributed by atoms with van der Waals surface area (Å²) in [5.74, 6) is 0. The van der Waals surface area contributed by atoms with Crippen LogP contribution in [0.25, 0.3) is 0 Å². The fourth-order valence-corrected chi connectivity index (χ4v) is 3.33. The first kappa shape index (κ1) is 15.9. The van der Waals surface area contributed by atoms with Crippen LogP contribution in [0.2, 0.25) is 0 Å². The van der Waals surface area contributed by atoms with Crippen molar-refractivity contribution in [3.63, 3.8) is 0 Å². The molecule has 2 aromatic carbocycles. The minimum Gasteiger partial charge on any atom is -0.385 e. The van der Waals surface area contributed by atoms with Crippen LogP contribution in [0.4, 0.5) is 11.4 Å². The Hall–Kier alpha value is -1.53. The molecule has 2 rings (SSSR count). The number of halogens is 1. The predicted molar refractivity (Wildman–Crippen MR) is 90.1 cm³/mol. The summed E-state index contributed by atoms with van der Waals surface area (Å²) >= 11 is 5.08. The molecule has 0 saturated carbocycles. The Morgan fingerprint density at radius 3 is 2.52 bits per heavy atom. The van der Waals surface area contributed by atoms with E-state index in [0.29, 0.717) is 0 Å². The molecular weight excluding hydrogens is 352 g/mol. The molecule has 0 amide bonds. The van der Waals surface area contributed by atoms with E-state index in [1.165, 1.54) is 12.1 Å². The monoisotopic (exact) mass is 366 g/mol. The quantitative estimate of drug-likeness (QED) is 0.554. The maximum Gasteiger partial charge on any atom is 0.269 e. The van der Waals surface area contributed by atoms with E-state index in [4.69, 9.17) is 0 Å². The van der Waals surface area contributed by atoms with Crippen molar-refractivity contribution in [1.82, 2.24) is 0 Å². The lowest BCUT2D eigenvalue weighted by molar-refractivity contribution is -0.384. The van der Waals surface area contributed by atoms with Crippen molar-refractivity contribution in [2.24, 2.45) is 0 Å². The van der Waals surface area contributed by atoms with E-state index in [9.17, 15) is 10.1 Å². The third kappa shape index (κ3) is 4.75. The Balaban J connectivity index is 2.14. The standard InChI is InChI=1S/C15H15BrN2O2S/c1-2-7-17-12-8-11(16)9-15(10-12)21-14-5-3-13(4-6-14)18(19)20/h3-6,8-10,17H,2,7H2,1H3. The molecule has 4 nitrogen and oxygen atoms in total. The molecule has 1 N–H and O–H groups in total. The van der Waals surface area contributed by atoms with Gasteiger partial charge >= 0.3 is 0 Å². The highest BCUT2D eigenvalue weighted by molar-refractivity contribution is 9.10. The van der Waals surface area contributed by atoms with Crippen LogP contribution in [0.15, 0.2) is 56.7 Å². The zero-order valence-corrected chi connectivity index (χ0v) is 13.9. The van der Waals surface area contributed by atoms with Gasteiger partial charge in [0.2, 0.25) is 0 Å². The highest BCUT2D eigenvalue weighted by Gasteiger charge is 2.06. The van der Waals surface area contributed by atoms with E-state index < -0.39 is 0 Å². The second-order valence-corrected chi connectivity index (χ2v) is 6.52. The Morgan fingerprint density at radius 2 is 1.90 bits per heavy atom. The number of hydrogen-bond acceptors (Lipinski definition) is 4. The SMILES string of the molecule is CCCNc1cc(Br)cc(Sc2ccc([N+](=O)[O-])cc2)c1. The smallest absolute Gasteiger partial charge is 0.269 e. The lowest BCUT2D eigenvalue weighted by Gasteiger charge is -2.08. The van der Waals surface area contributed by atoms with E-state index in [1.54, 1.807) is 23.9 Å². The highest BCUT2D eigenvalue weighted by Crippen LogP contribution is 2.33. The first-order valence-electron chi connectivity index (χ1n) is 6.55. The van der Waals surface area contributed by atoms with Gasteiger partial charge in [-0.2, -0.15) is 0 Å². The molecule has 0 aliphatic carbocycles. The third-order valence-electron chi connectivity index (χ3n) is 2.73. The molecular formula is C15H15BrN2O2S. The first-order chi connectivity index (χ1) is 10.1. The lowest BCUT2D eigenvalue weighted by atomic mass is 10.3. The number of non-ortho nitro benzene ring substituents is 1. The molecule has 0 bridgehead atoms. The summed E-state index contributed by atoms with van der Waals surface area (Å²) in [6.07, 6.45) is 1.07. The molecule has 0 aromatic heterocycles. The van der Waals surface area contributed by atoms with Crippen LogP contribution in [0, 0.1) is 10.1 Å². The molecule has 0 heterocycles. The van der Waals surface area contributed by atoms with Crippen molar-refractivity contribution in [2.45, 2.75) is 23.1 Å². The molecule has 110 valence electrons. The molecule has 0 atom stereocenters. The molecule has 0 radical (unpaired) electrons. The normalized spacial score (nSPS) is 10.4. The summed E-state index contributed by atoms with van der Waals surface area (Å²) in [5.41, 5.74) is 1.18. The van der Waals surface area contributed by atoms with Crippen molar-refractivity contribution in [1.29, 1.82) is 0 Å². The molecule has 0 saturated heterocycles. The van der Waals surface area contributed by atoms with Gasteiger partial charge in [0.1, 0.15) is 0 Å². The zero-order valence-electron chi connectivity index (χ0n) is 11.5. The zero-order chi connectivity index (χ0) is 15.2. The summed E-state index contributed by atoms with van der Waals surface area (Å²) in [6, 6.07) is 12.7. The van der Waals surface area contributed by atoms with Crippen LogP contribution >= 0.6 is 27.7 Å². The van der Waals surface area contributed by atoms with E-state index >= 15 is 0 Å². The number of nitro groups is 1. The minimum atomic E-state index is -0.389. The van der Waals surface area contributed by atoms with Gasteiger partial charge in [-0.25, -0.2) is 0 Å². The van der Waals surface area contributed by atoms with Crippen LogP contribution in [0.5, 0.6) is 0 Å². The van der Waals surface area contributed by atoms with Crippen LogP contribution in [-0.4, -0.2) is 11.5 Å². The van der Waals surface area contributed by atoms with E-state index in [0.717, 1.165) is 32.9 Å². The van der Waals surface area contributed by atoms with Crippen molar-refractivity contribution in [3.8, 4) is 0 Å². The number of nitrogens with one attached hydrogen (secondary N) is 1. The largest absolute Gasteiger partial charge is 0.385 e. The van der Waals surface area contributed by atoms with Gasteiger partial charge in [0.05, 0.1) is 4.92 Å². The number of benzene rings is 2. The average molecular weight is 367 g/mol. The van der Waals surface area contributed by atoms with Gasteiger partial charge < -0.3 is 5.32 Å². The number of rotatable bonds is 6. The highest BCUT2D eigenvalue weighted by atomic mass is 79.9. The molecule has 2 aromatic rings. The van der Waals surface area contributed by atoms with Gasteiger partial charge in [0, 0.05) is 38.6 Å². The third-order valence-corrected chi connectivity index (χ3v) is 4.17. The van der Waals surface area contributed by atoms with Gasteiger partial charge in [0.15, 0.2) is 0 Å². The maximum absolute atomic E-state index is 10.6. The lowest BCUT2D eigenvalue weighted by Crippen LogP contribution is -1.99. The first-order valence-corrected chi connectivity index (χ1v) is 8.16. The van der Waals surface area contributed by atoms with Crippen molar-refractivity contribution in [3.05, 3.63) is 57.1 Å². The van der Waals surface area contributed by atoms with Crippen LogP contribution in [-0.2, 0) is 0 Å². The number of nitro benzene ring substituents is 1. The van der Waals surface area contributed by atoms with Gasteiger partial charge in [0.25, 0.3) is 5.69 Å². The van der Waals surface area contributed by atoms with Gasteiger partial charge in [-0.3, -0.25) is 10.1 Å². The number of nitrogens with zero attached hydrogens (tertiary/aromatic N) is 1.